The molecule has 126 valence electrons. The topological polar surface area (TPSA) is 66.5 Å². The largest absolute Gasteiger partial charge is 0.326 e. The Bertz CT molecular complexity index is 925. The first kappa shape index (κ1) is 16.4. The highest BCUT2D eigenvalue weighted by Crippen LogP contribution is 2.28. The minimum atomic E-state index is -3.40. The molecule has 0 radical (unpaired) electrons. The average Bonchev–Trinajstić information content (AvgIpc) is 2.66. The van der Waals surface area contributed by atoms with Crippen molar-refractivity contribution >= 4 is 27.2 Å². The van der Waals surface area contributed by atoms with E-state index in [4.69, 9.17) is 0 Å². The number of aryl methyl sites for hydroxylation is 1. The van der Waals surface area contributed by atoms with Gasteiger partial charge >= 0.3 is 6.03 Å². The van der Waals surface area contributed by atoms with Crippen molar-refractivity contribution in [3.63, 3.8) is 0 Å². The van der Waals surface area contributed by atoms with Gasteiger partial charge in [-0.25, -0.2) is 17.6 Å². The second kappa shape index (κ2) is 5.90. The van der Waals surface area contributed by atoms with Gasteiger partial charge in [0.25, 0.3) is 0 Å². The zero-order valence-electron chi connectivity index (χ0n) is 13.3. The molecule has 1 aliphatic rings. The summed E-state index contributed by atoms with van der Waals surface area (Å²) in [7, 11) is -3.40. The Morgan fingerprint density at radius 3 is 2.67 bits per heavy atom. The molecule has 0 aromatic heterocycles. The Morgan fingerprint density at radius 2 is 1.96 bits per heavy atom. The van der Waals surface area contributed by atoms with Gasteiger partial charge in [0.15, 0.2) is 9.84 Å². The molecule has 0 spiro atoms. The number of hydrogen-bond acceptors (Lipinski definition) is 3. The Hall–Kier alpha value is -2.41. The fraction of sp³-hybridized carbons (Fsp3) is 0.235. The maximum atomic E-state index is 13.9. The van der Waals surface area contributed by atoms with Gasteiger partial charge in [-0.05, 0) is 43.2 Å². The third-order valence-electron chi connectivity index (χ3n) is 4.07. The number of rotatable bonds is 2. The van der Waals surface area contributed by atoms with E-state index >= 15 is 0 Å². The number of sulfone groups is 1. The number of carbonyl (C=O) groups is 1. The van der Waals surface area contributed by atoms with Gasteiger partial charge < -0.3 is 5.32 Å². The Balaban J connectivity index is 2.00. The summed E-state index contributed by atoms with van der Waals surface area (Å²) in [5.41, 5.74) is 1.97. The lowest BCUT2D eigenvalue weighted by molar-refractivity contribution is 0.257. The van der Waals surface area contributed by atoms with Gasteiger partial charge in [-0.3, -0.25) is 4.90 Å². The summed E-state index contributed by atoms with van der Waals surface area (Å²) in [5, 5.41) is 2.68. The summed E-state index contributed by atoms with van der Waals surface area (Å²) in [4.78, 5) is 14.1. The normalized spacial score (nSPS) is 14.8. The van der Waals surface area contributed by atoms with E-state index in [0.717, 1.165) is 6.26 Å². The molecule has 0 saturated heterocycles. The van der Waals surface area contributed by atoms with Crippen LogP contribution in [-0.4, -0.2) is 27.2 Å². The Labute approximate surface area is 140 Å². The highest BCUT2D eigenvalue weighted by molar-refractivity contribution is 7.90. The quantitative estimate of drug-likeness (QED) is 0.907. The van der Waals surface area contributed by atoms with Gasteiger partial charge in [0, 0.05) is 29.7 Å². The molecule has 3 rings (SSSR count). The predicted molar refractivity (Wildman–Crippen MR) is 90.8 cm³/mol. The minimum Gasteiger partial charge on any atom is -0.307 e. The number of anilines is 2. The van der Waals surface area contributed by atoms with Gasteiger partial charge in [-0.15, -0.1) is 0 Å². The average molecular weight is 348 g/mol. The van der Waals surface area contributed by atoms with Crippen molar-refractivity contribution in [2.45, 2.75) is 18.2 Å². The standard InChI is InChI=1S/C17H17FN2O3S/c1-11-6-7-12(10-16(11)24(2,22)23)20-9-8-13-14(18)4-3-5-15(13)19-17(20)21/h3-7,10H,8-9H2,1-2H3,(H,19,21). The van der Waals surface area contributed by atoms with Crippen LogP contribution in [0.1, 0.15) is 11.1 Å². The smallest absolute Gasteiger partial charge is 0.307 e. The summed E-state index contributed by atoms with van der Waals surface area (Å²) in [6, 6.07) is 8.97. The van der Waals surface area contributed by atoms with Gasteiger partial charge in [-0.2, -0.15) is 0 Å². The van der Waals surface area contributed by atoms with E-state index in [-0.39, 0.29) is 17.3 Å². The summed E-state index contributed by atoms with van der Waals surface area (Å²) >= 11 is 0. The molecule has 1 N–H and O–H groups in total. The van der Waals surface area contributed by atoms with Crippen molar-refractivity contribution in [1.29, 1.82) is 0 Å². The molecule has 0 unspecified atom stereocenters. The second-order valence-corrected chi connectivity index (χ2v) is 7.80. The molecule has 2 amide bonds. The first-order valence-corrected chi connectivity index (χ1v) is 9.33. The number of benzene rings is 2. The molecule has 7 heteroatoms. The maximum Gasteiger partial charge on any atom is 0.326 e. The molecular weight excluding hydrogens is 331 g/mol. The third-order valence-corrected chi connectivity index (χ3v) is 5.31. The second-order valence-electron chi connectivity index (χ2n) is 5.82. The number of nitrogens with one attached hydrogen (secondary N) is 1. The van der Waals surface area contributed by atoms with E-state index in [1.165, 1.54) is 23.1 Å². The molecule has 2 aromatic rings. The van der Waals surface area contributed by atoms with E-state index in [2.05, 4.69) is 5.32 Å². The van der Waals surface area contributed by atoms with E-state index in [9.17, 15) is 17.6 Å². The van der Waals surface area contributed by atoms with Crippen molar-refractivity contribution < 1.29 is 17.6 Å². The lowest BCUT2D eigenvalue weighted by Crippen LogP contribution is -2.34. The van der Waals surface area contributed by atoms with Crippen molar-refractivity contribution in [3.05, 3.63) is 53.3 Å². The van der Waals surface area contributed by atoms with E-state index in [1.807, 2.05) is 0 Å². The first-order valence-electron chi connectivity index (χ1n) is 7.44. The number of urea groups is 1. The highest BCUT2D eigenvalue weighted by atomic mass is 32.2. The number of amides is 2. The van der Waals surface area contributed by atoms with Crippen LogP contribution >= 0.6 is 0 Å². The number of nitrogens with zero attached hydrogens (tertiary/aromatic N) is 1. The predicted octanol–water partition coefficient (Wildman–Crippen LogP) is 3.13. The summed E-state index contributed by atoms with van der Waals surface area (Å²) in [5.74, 6) is -0.365. The molecule has 0 atom stereocenters. The van der Waals surface area contributed by atoms with E-state index in [0.29, 0.717) is 28.9 Å². The van der Waals surface area contributed by atoms with Crippen LogP contribution in [0.5, 0.6) is 0 Å². The zero-order valence-corrected chi connectivity index (χ0v) is 14.2. The van der Waals surface area contributed by atoms with Crippen LogP contribution in [-0.2, 0) is 16.3 Å². The maximum absolute atomic E-state index is 13.9. The fourth-order valence-corrected chi connectivity index (χ4v) is 3.83. The number of hydrogen-bond donors (Lipinski definition) is 1. The fourth-order valence-electron chi connectivity index (χ4n) is 2.84. The van der Waals surface area contributed by atoms with E-state index in [1.54, 1.807) is 25.1 Å². The van der Waals surface area contributed by atoms with Crippen LogP contribution < -0.4 is 10.2 Å². The first-order chi connectivity index (χ1) is 11.3. The van der Waals surface area contributed by atoms with Crippen LogP contribution in [0.2, 0.25) is 0 Å². The van der Waals surface area contributed by atoms with Gasteiger partial charge in [0.2, 0.25) is 0 Å². The van der Waals surface area contributed by atoms with Crippen molar-refractivity contribution in [1.82, 2.24) is 0 Å². The SMILES string of the molecule is Cc1ccc(N2CCc3c(F)cccc3NC2=O)cc1S(C)(=O)=O. The molecule has 0 fully saturated rings. The summed E-state index contributed by atoms with van der Waals surface area (Å²) in [6.07, 6.45) is 1.47. The molecule has 1 heterocycles. The zero-order chi connectivity index (χ0) is 17.5. The lowest BCUT2D eigenvalue weighted by Gasteiger charge is -2.21. The van der Waals surface area contributed by atoms with Crippen molar-refractivity contribution in [3.8, 4) is 0 Å². The molecule has 24 heavy (non-hydrogen) atoms. The van der Waals surface area contributed by atoms with Crippen LogP contribution in [0.25, 0.3) is 0 Å². The molecular formula is C17H17FN2O3S. The van der Waals surface area contributed by atoms with Crippen molar-refractivity contribution in [2.75, 3.05) is 23.0 Å². The number of halogens is 1. The minimum absolute atomic E-state index is 0.181. The van der Waals surface area contributed by atoms with Crippen LogP contribution in [0.3, 0.4) is 0 Å². The molecule has 0 bridgehead atoms. The molecule has 0 aliphatic carbocycles. The van der Waals surface area contributed by atoms with Crippen LogP contribution in [0.15, 0.2) is 41.3 Å². The number of carbonyl (C=O) groups excluding carboxylic acids is 1. The molecule has 2 aromatic carbocycles. The van der Waals surface area contributed by atoms with Gasteiger partial charge in [0.05, 0.1) is 4.90 Å². The third kappa shape index (κ3) is 2.99. The molecule has 5 nitrogen and oxygen atoms in total. The van der Waals surface area contributed by atoms with Crippen molar-refractivity contribution in [2.24, 2.45) is 0 Å². The highest BCUT2D eigenvalue weighted by Gasteiger charge is 2.24. The van der Waals surface area contributed by atoms with Gasteiger partial charge in [0.1, 0.15) is 5.82 Å². The molecule has 0 saturated carbocycles. The lowest BCUT2D eigenvalue weighted by atomic mass is 10.1. The monoisotopic (exact) mass is 348 g/mol. The Morgan fingerprint density at radius 1 is 1.21 bits per heavy atom. The van der Waals surface area contributed by atoms with Crippen LogP contribution in [0.4, 0.5) is 20.6 Å². The van der Waals surface area contributed by atoms with Gasteiger partial charge in [-0.1, -0.05) is 12.1 Å². The summed E-state index contributed by atoms with van der Waals surface area (Å²) in [6.45, 7) is 1.96. The Kier molecular flexibility index (Phi) is 4.04. The van der Waals surface area contributed by atoms with Crippen LogP contribution in [0, 0.1) is 12.7 Å². The molecule has 1 aliphatic heterocycles. The summed E-state index contributed by atoms with van der Waals surface area (Å²) < 4.78 is 37.7. The van der Waals surface area contributed by atoms with E-state index < -0.39 is 15.9 Å². The number of fused-ring (bicyclic) bond motifs is 1.